The highest BCUT2D eigenvalue weighted by molar-refractivity contribution is 5.85. The summed E-state index contributed by atoms with van der Waals surface area (Å²) in [6.45, 7) is 2.24. The van der Waals surface area contributed by atoms with Gasteiger partial charge in [0.2, 0.25) is 0 Å². The first-order valence-electron chi connectivity index (χ1n) is 9.44. The lowest BCUT2D eigenvalue weighted by Gasteiger charge is -2.14. The molecule has 4 rings (SSSR count). The Labute approximate surface area is 163 Å². The van der Waals surface area contributed by atoms with Gasteiger partial charge in [0.05, 0.1) is 41.0 Å². The van der Waals surface area contributed by atoms with Crippen molar-refractivity contribution in [1.82, 2.24) is 9.55 Å². The maximum atomic E-state index is 12.6. The highest BCUT2D eigenvalue weighted by atomic mass is 16.1. The molecule has 0 bridgehead atoms. The largest absolute Gasteiger partial charge is 0.322 e. The number of carbonyl (C=O) groups excluding carboxylic acids is 1. The van der Waals surface area contributed by atoms with E-state index in [4.69, 9.17) is 0 Å². The predicted molar refractivity (Wildman–Crippen MR) is 105 cm³/mol. The van der Waals surface area contributed by atoms with Gasteiger partial charge in [-0.25, -0.2) is 4.98 Å². The lowest BCUT2D eigenvalue weighted by Crippen LogP contribution is -2.12. The maximum absolute atomic E-state index is 12.6. The summed E-state index contributed by atoms with van der Waals surface area (Å²) in [4.78, 5) is 16.9. The highest BCUT2D eigenvalue weighted by Crippen LogP contribution is 2.47. The number of Topliss-reactive ketones (excluding diaryl/α,β-unsaturated/α-hetero) is 1. The fourth-order valence-corrected chi connectivity index (χ4v) is 3.77. The third-order valence-electron chi connectivity index (χ3n) is 5.64. The molecule has 1 aromatic heterocycles. The Bertz CT molecular complexity index is 1120. The van der Waals surface area contributed by atoms with Crippen LogP contribution < -0.4 is 0 Å². The zero-order valence-corrected chi connectivity index (χ0v) is 15.7. The third kappa shape index (κ3) is 3.17. The van der Waals surface area contributed by atoms with Gasteiger partial charge >= 0.3 is 0 Å². The number of rotatable bonds is 6. The number of carbonyl (C=O) groups is 1. The van der Waals surface area contributed by atoms with Gasteiger partial charge in [-0.2, -0.15) is 10.5 Å². The van der Waals surface area contributed by atoms with Crippen LogP contribution in [-0.2, 0) is 16.8 Å². The first kappa shape index (κ1) is 17.9. The number of fused-ring (bicyclic) bond motifs is 1. The van der Waals surface area contributed by atoms with Gasteiger partial charge in [-0.15, -0.1) is 0 Å². The van der Waals surface area contributed by atoms with Crippen LogP contribution in [0.3, 0.4) is 0 Å². The molecule has 1 atom stereocenters. The second kappa shape index (κ2) is 6.94. The normalized spacial score (nSPS) is 15.5. The number of benzene rings is 2. The van der Waals surface area contributed by atoms with Crippen LogP contribution in [0.5, 0.6) is 0 Å². The third-order valence-corrected chi connectivity index (χ3v) is 5.64. The van der Waals surface area contributed by atoms with Crippen molar-refractivity contribution in [3.63, 3.8) is 0 Å². The van der Waals surface area contributed by atoms with Crippen LogP contribution >= 0.6 is 0 Å². The van der Waals surface area contributed by atoms with E-state index in [9.17, 15) is 15.3 Å². The minimum atomic E-state index is -0.279. The Morgan fingerprint density at radius 2 is 1.96 bits per heavy atom. The molecule has 0 aliphatic heterocycles. The van der Waals surface area contributed by atoms with Crippen molar-refractivity contribution in [3.05, 3.63) is 65.5 Å². The van der Waals surface area contributed by atoms with Crippen molar-refractivity contribution in [2.45, 2.75) is 44.1 Å². The molecule has 28 heavy (non-hydrogen) atoms. The zero-order chi connectivity index (χ0) is 19.7. The number of imidazole rings is 1. The van der Waals surface area contributed by atoms with Gasteiger partial charge < -0.3 is 4.57 Å². The lowest BCUT2D eigenvalue weighted by molar-refractivity contribution is -0.119. The molecular formula is C23H20N4O. The average molecular weight is 368 g/mol. The molecule has 5 heteroatoms. The van der Waals surface area contributed by atoms with Gasteiger partial charge in [-0.05, 0) is 42.0 Å². The van der Waals surface area contributed by atoms with E-state index in [-0.39, 0.29) is 23.7 Å². The summed E-state index contributed by atoms with van der Waals surface area (Å²) < 4.78 is 1.76. The van der Waals surface area contributed by atoms with E-state index in [1.165, 1.54) is 0 Å². The molecular weight excluding hydrogens is 348 g/mol. The summed E-state index contributed by atoms with van der Waals surface area (Å²) in [6.07, 6.45) is 3.90. The molecule has 0 amide bonds. The molecule has 0 N–H and O–H groups in total. The summed E-state index contributed by atoms with van der Waals surface area (Å²) in [5, 5.41) is 18.6. The first-order chi connectivity index (χ1) is 13.6. The number of aromatic nitrogens is 2. The van der Waals surface area contributed by atoms with Crippen molar-refractivity contribution < 1.29 is 4.79 Å². The van der Waals surface area contributed by atoms with Crippen LogP contribution in [0.2, 0.25) is 0 Å². The van der Waals surface area contributed by atoms with Crippen LogP contribution in [0.4, 0.5) is 0 Å². The van der Waals surface area contributed by atoms with Gasteiger partial charge in [-0.3, -0.25) is 4.79 Å². The molecule has 1 aliphatic rings. The fourth-order valence-electron chi connectivity index (χ4n) is 3.77. The summed E-state index contributed by atoms with van der Waals surface area (Å²) in [6, 6.07) is 18.1. The van der Waals surface area contributed by atoms with E-state index in [0.29, 0.717) is 17.5 Å². The van der Waals surface area contributed by atoms with Gasteiger partial charge in [0.25, 0.3) is 0 Å². The standard InChI is InChI=1S/C23H20N4O/c1-16(17-5-7-19(8-6-17)23(14-25)9-10-23)11-20(28)13-27-15-26-21-4-2-3-18(12-24)22(21)27/h2-8,15-16H,9-11,13H2,1H3. The number of nitrogens with zero attached hydrogens (tertiary/aromatic N) is 4. The number of nitriles is 2. The van der Waals surface area contributed by atoms with Crippen molar-refractivity contribution in [1.29, 1.82) is 10.5 Å². The highest BCUT2D eigenvalue weighted by Gasteiger charge is 2.44. The summed E-state index contributed by atoms with van der Waals surface area (Å²) >= 11 is 0. The minimum Gasteiger partial charge on any atom is -0.322 e. The molecule has 1 aliphatic carbocycles. The molecule has 0 saturated heterocycles. The SMILES string of the molecule is CC(CC(=O)Cn1cnc2cccc(C#N)c21)c1ccc(C2(C#N)CC2)cc1. The maximum Gasteiger partial charge on any atom is 0.153 e. The molecule has 3 aromatic rings. The Balaban J connectivity index is 1.46. The second-order valence-electron chi connectivity index (χ2n) is 7.62. The van der Waals surface area contributed by atoms with Crippen LogP contribution in [0.15, 0.2) is 48.8 Å². The molecule has 0 radical (unpaired) electrons. The van der Waals surface area contributed by atoms with E-state index in [1.807, 2.05) is 37.3 Å². The van der Waals surface area contributed by atoms with E-state index in [2.05, 4.69) is 17.1 Å². The molecule has 2 aromatic carbocycles. The fraction of sp³-hybridized carbons (Fsp3) is 0.304. The van der Waals surface area contributed by atoms with E-state index >= 15 is 0 Å². The van der Waals surface area contributed by atoms with Crippen molar-refractivity contribution in [2.75, 3.05) is 0 Å². The van der Waals surface area contributed by atoms with Crippen LogP contribution in [0, 0.1) is 22.7 Å². The topological polar surface area (TPSA) is 82.5 Å². The van der Waals surface area contributed by atoms with Gasteiger partial charge in [0, 0.05) is 6.42 Å². The number of ketones is 1. The Hall–Kier alpha value is -3.44. The Morgan fingerprint density at radius 1 is 1.21 bits per heavy atom. The smallest absolute Gasteiger partial charge is 0.153 e. The lowest BCUT2D eigenvalue weighted by atomic mass is 9.91. The van der Waals surface area contributed by atoms with E-state index in [1.54, 1.807) is 23.0 Å². The predicted octanol–water partition coefficient (Wildman–Crippen LogP) is 4.23. The average Bonchev–Trinajstić information content (AvgIpc) is 3.42. The molecule has 1 heterocycles. The van der Waals surface area contributed by atoms with E-state index in [0.717, 1.165) is 29.5 Å². The molecule has 1 saturated carbocycles. The number of para-hydroxylation sites is 1. The van der Waals surface area contributed by atoms with Crippen molar-refractivity contribution in [2.24, 2.45) is 0 Å². The first-order valence-corrected chi connectivity index (χ1v) is 9.44. The Morgan fingerprint density at radius 3 is 2.61 bits per heavy atom. The Kier molecular flexibility index (Phi) is 4.45. The summed E-state index contributed by atoms with van der Waals surface area (Å²) in [5.74, 6) is 0.184. The molecule has 1 unspecified atom stereocenters. The van der Waals surface area contributed by atoms with Gasteiger partial charge in [-0.1, -0.05) is 37.3 Å². The van der Waals surface area contributed by atoms with Crippen LogP contribution in [0.1, 0.15) is 48.8 Å². The molecule has 138 valence electrons. The van der Waals surface area contributed by atoms with Crippen molar-refractivity contribution in [3.8, 4) is 12.1 Å². The quantitative estimate of drug-likeness (QED) is 0.652. The summed E-state index contributed by atoms with van der Waals surface area (Å²) in [7, 11) is 0. The van der Waals surface area contributed by atoms with Crippen LogP contribution in [-0.4, -0.2) is 15.3 Å². The zero-order valence-electron chi connectivity index (χ0n) is 15.7. The second-order valence-corrected chi connectivity index (χ2v) is 7.62. The van der Waals surface area contributed by atoms with E-state index < -0.39 is 0 Å². The number of hydrogen-bond donors (Lipinski definition) is 0. The minimum absolute atomic E-state index is 0.0870. The number of hydrogen-bond acceptors (Lipinski definition) is 4. The van der Waals surface area contributed by atoms with Gasteiger partial charge in [0.15, 0.2) is 5.78 Å². The summed E-state index contributed by atoms with van der Waals surface area (Å²) in [5.41, 5.74) is 3.85. The molecule has 1 fully saturated rings. The molecule has 0 spiro atoms. The molecule has 5 nitrogen and oxygen atoms in total. The van der Waals surface area contributed by atoms with Gasteiger partial charge in [0.1, 0.15) is 6.07 Å². The van der Waals surface area contributed by atoms with Crippen LogP contribution in [0.25, 0.3) is 11.0 Å². The monoisotopic (exact) mass is 368 g/mol. The van der Waals surface area contributed by atoms with Crippen molar-refractivity contribution >= 4 is 16.8 Å².